The summed E-state index contributed by atoms with van der Waals surface area (Å²) in [6, 6.07) is 4.61. The van der Waals surface area contributed by atoms with Crippen molar-refractivity contribution < 1.29 is 17.9 Å². The monoisotopic (exact) mass is 409 g/mol. The molecule has 0 aromatic heterocycles. The van der Waals surface area contributed by atoms with Gasteiger partial charge >= 0.3 is 0 Å². The van der Waals surface area contributed by atoms with Gasteiger partial charge < -0.3 is 15.0 Å². The van der Waals surface area contributed by atoms with Gasteiger partial charge in [0.1, 0.15) is 10.6 Å². The molecule has 1 unspecified atom stereocenters. The molecule has 2 saturated heterocycles. The molecule has 2 aliphatic rings. The molecule has 2 heterocycles. The first-order chi connectivity index (χ1) is 13.4. The maximum Gasteiger partial charge on any atom is 0.251 e. The number of hydrogen-bond donors (Lipinski definition) is 1. The molecule has 1 aromatic carbocycles. The topological polar surface area (TPSA) is 79.0 Å². The predicted octanol–water partition coefficient (Wildman–Crippen LogP) is 2.08. The van der Waals surface area contributed by atoms with Crippen molar-refractivity contribution in [1.29, 1.82) is 0 Å². The first-order valence-corrected chi connectivity index (χ1v) is 11.6. The molecule has 0 saturated carbocycles. The van der Waals surface area contributed by atoms with Crippen LogP contribution in [0.5, 0.6) is 5.75 Å². The third-order valence-corrected chi connectivity index (χ3v) is 7.39. The Balaban J connectivity index is 1.73. The lowest BCUT2D eigenvalue weighted by Crippen LogP contribution is -2.43. The molecule has 8 heteroatoms. The van der Waals surface area contributed by atoms with Gasteiger partial charge in [0, 0.05) is 31.2 Å². The molecule has 1 amide bonds. The fourth-order valence-electron chi connectivity index (χ4n) is 3.97. The van der Waals surface area contributed by atoms with E-state index in [2.05, 4.69) is 10.2 Å². The first kappa shape index (κ1) is 21.1. The summed E-state index contributed by atoms with van der Waals surface area (Å²) in [5.41, 5.74) is 0.337. The number of carbonyl (C=O) groups is 1. The van der Waals surface area contributed by atoms with E-state index in [0.717, 1.165) is 32.5 Å². The third kappa shape index (κ3) is 4.85. The fraction of sp³-hybridized carbons (Fsp3) is 0.650. The van der Waals surface area contributed by atoms with Crippen LogP contribution in [0.1, 0.15) is 49.4 Å². The second-order valence-electron chi connectivity index (χ2n) is 7.71. The lowest BCUT2D eigenvalue weighted by Gasteiger charge is -2.29. The molecular formula is C20H31N3O4S. The SMILES string of the molecule is COc1ccc(C(=O)NC(C)CN2CCCCC2)cc1S(=O)(=O)N1CCCC1. The van der Waals surface area contributed by atoms with Crippen LogP contribution >= 0.6 is 0 Å². The van der Waals surface area contributed by atoms with Crippen molar-refractivity contribution in [2.45, 2.75) is 50.0 Å². The van der Waals surface area contributed by atoms with Gasteiger partial charge in [-0.3, -0.25) is 4.79 Å². The molecule has 1 aromatic rings. The normalized spacial score (nSPS) is 20.1. The Morgan fingerprint density at radius 3 is 2.39 bits per heavy atom. The van der Waals surface area contributed by atoms with Crippen LogP contribution in [0.4, 0.5) is 0 Å². The van der Waals surface area contributed by atoms with Crippen LogP contribution in [0.15, 0.2) is 23.1 Å². The Kier molecular flexibility index (Phi) is 6.95. The average molecular weight is 410 g/mol. The fourth-order valence-corrected chi connectivity index (χ4v) is 5.67. The van der Waals surface area contributed by atoms with E-state index in [1.54, 1.807) is 12.1 Å². The maximum absolute atomic E-state index is 13.0. The van der Waals surface area contributed by atoms with Gasteiger partial charge in [0.15, 0.2) is 0 Å². The first-order valence-electron chi connectivity index (χ1n) is 10.1. The summed E-state index contributed by atoms with van der Waals surface area (Å²) in [6.45, 7) is 5.95. The van der Waals surface area contributed by atoms with Crippen LogP contribution in [0, 0.1) is 0 Å². The molecule has 1 atom stereocenters. The maximum atomic E-state index is 13.0. The van der Waals surface area contributed by atoms with Gasteiger partial charge in [0.05, 0.1) is 7.11 Å². The quantitative estimate of drug-likeness (QED) is 0.746. The lowest BCUT2D eigenvalue weighted by atomic mass is 10.1. The molecule has 2 fully saturated rings. The third-order valence-electron chi connectivity index (χ3n) is 5.47. The van der Waals surface area contributed by atoms with Gasteiger partial charge in [0.2, 0.25) is 10.0 Å². The standard InChI is InChI=1S/C20H31N3O4S/c1-16(15-22-10-4-3-5-11-22)21-20(24)17-8-9-18(27-2)19(14-17)28(25,26)23-12-6-7-13-23/h8-9,14,16H,3-7,10-13,15H2,1-2H3,(H,21,24). The number of amides is 1. The summed E-state index contributed by atoms with van der Waals surface area (Å²) in [4.78, 5) is 15.1. The van der Waals surface area contributed by atoms with Crippen LogP contribution in [-0.2, 0) is 10.0 Å². The van der Waals surface area contributed by atoms with Gasteiger partial charge in [-0.2, -0.15) is 4.31 Å². The second-order valence-corrected chi connectivity index (χ2v) is 9.62. The van der Waals surface area contributed by atoms with E-state index in [1.165, 1.54) is 36.7 Å². The van der Waals surface area contributed by atoms with Crippen LogP contribution in [0.3, 0.4) is 0 Å². The largest absolute Gasteiger partial charge is 0.495 e. The van der Waals surface area contributed by atoms with Gasteiger partial charge in [0.25, 0.3) is 5.91 Å². The lowest BCUT2D eigenvalue weighted by molar-refractivity contribution is 0.0925. The molecule has 0 bridgehead atoms. The number of likely N-dealkylation sites (tertiary alicyclic amines) is 1. The number of nitrogens with zero attached hydrogens (tertiary/aromatic N) is 2. The van der Waals surface area contributed by atoms with Gasteiger partial charge in [-0.15, -0.1) is 0 Å². The van der Waals surface area contributed by atoms with Crippen molar-refractivity contribution in [3.8, 4) is 5.75 Å². The Hall–Kier alpha value is -1.64. The Bertz CT molecular complexity index is 785. The van der Waals surface area contributed by atoms with Crippen LogP contribution < -0.4 is 10.1 Å². The predicted molar refractivity (Wildman–Crippen MR) is 108 cm³/mol. The Labute approximate surface area is 168 Å². The number of methoxy groups -OCH3 is 1. The highest BCUT2D eigenvalue weighted by atomic mass is 32.2. The molecular weight excluding hydrogens is 378 g/mol. The highest BCUT2D eigenvalue weighted by molar-refractivity contribution is 7.89. The minimum absolute atomic E-state index is 0.00802. The van der Waals surface area contributed by atoms with Gasteiger partial charge in [-0.25, -0.2) is 8.42 Å². The number of carbonyl (C=O) groups excluding carboxylic acids is 1. The molecule has 0 aliphatic carbocycles. The van der Waals surface area contributed by atoms with E-state index in [1.807, 2.05) is 6.92 Å². The molecule has 0 spiro atoms. The summed E-state index contributed by atoms with van der Waals surface area (Å²) in [5.74, 6) is 0.00912. The number of sulfonamides is 1. The highest BCUT2D eigenvalue weighted by Crippen LogP contribution is 2.29. The Morgan fingerprint density at radius 2 is 1.75 bits per heavy atom. The van der Waals surface area contributed by atoms with Crippen molar-refractivity contribution in [3.63, 3.8) is 0 Å². The molecule has 28 heavy (non-hydrogen) atoms. The molecule has 3 rings (SSSR count). The zero-order chi connectivity index (χ0) is 20.1. The summed E-state index contributed by atoms with van der Waals surface area (Å²) >= 11 is 0. The van der Waals surface area contributed by atoms with E-state index in [4.69, 9.17) is 4.74 Å². The van der Waals surface area contributed by atoms with E-state index in [9.17, 15) is 13.2 Å². The summed E-state index contributed by atoms with van der Waals surface area (Å²) in [7, 11) is -2.23. The average Bonchev–Trinajstić information content (AvgIpc) is 3.24. The van der Waals surface area contributed by atoms with Gasteiger partial charge in [-0.1, -0.05) is 6.42 Å². The van der Waals surface area contributed by atoms with Crippen molar-refractivity contribution in [2.75, 3.05) is 39.8 Å². The summed E-state index contributed by atoms with van der Waals surface area (Å²) < 4.78 is 32.7. The zero-order valence-electron chi connectivity index (χ0n) is 16.8. The van der Waals surface area contributed by atoms with Crippen molar-refractivity contribution in [3.05, 3.63) is 23.8 Å². The molecule has 156 valence electrons. The number of nitrogens with one attached hydrogen (secondary N) is 1. The van der Waals surface area contributed by atoms with Crippen molar-refractivity contribution in [2.24, 2.45) is 0 Å². The molecule has 2 aliphatic heterocycles. The number of piperidine rings is 1. The molecule has 0 radical (unpaired) electrons. The minimum atomic E-state index is -3.67. The smallest absolute Gasteiger partial charge is 0.251 e. The number of benzene rings is 1. The molecule has 1 N–H and O–H groups in total. The second kappa shape index (κ2) is 9.24. The number of hydrogen-bond acceptors (Lipinski definition) is 5. The van der Waals surface area contributed by atoms with Crippen LogP contribution in [0.25, 0.3) is 0 Å². The molecule has 7 nitrogen and oxygen atoms in total. The minimum Gasteiger partial charge on any atom is -0.495 e. The highest BCUT2D eigenvalue weighted by Gasteiger charge is 2.30. The van der Waals surface area contributed by atoms with Crippen LogP contribution in [0.2, 0.25) is 0 Å². The number of ether oxygens (including phenoxy) is 1. The van der Waals surface area contributed by atoms with Gasteiger partial charge in [-0.05, 0) is 63.9 Å². The van der Waals surface area contributed by atoms with E-state index in [0.29, 0.717) is 18.7 Å². The van der Waals surface area contributed by atoms with Crippen molar-refractivity contribution in [1.82, 2.24) is 14.5 Å². The van der Waals surface area contributed by atoms with E-state index in [-0.39, 0.29) is 22.6 Å². The zero-order valence-corrected chi connectivity index (χ0v) is 17.6. The summed E-state index contributed by atoms with van der Waals surface area (Å²) in [6.07, 6.45) is 5.40. The van der Waals surface area contributed by atoms with Crippen LogP contribution in [-0.4, -0.2) is 69.4 Å². The van der Waals surface area contributed by atoms with E-state index >= 15 is 0 Å². The van der Waals surface area contributed by atoms with E-state index < -0.39 is 10.0 Å². The summed E-state index contributed by atoms with van der Waals surface area (Å²) in [5, 5.41) is 3.00. The Morgan fingerprint density at radius 1 is 1.11 bits per heavy atom. The number of rotatable bonds is 7. The van der Waals surface area contributed by atoms with Crippen molar-refractivity contribution >= 4 is 15.9 Å².